The molecule has 2 amide bonds. The van der Waals surface area contributed by atoms with Crippen LogP contribution in [0.4, 0.5) is 0 Å². The molecule has 1 aromatic carbocycles. The molecule has 142 valence electrons. The number of ether oxygens (including phenoxy) is 1. The predicted octanol–water partition coefficient (Wildman–Crippen LogP) is 0.789. The van der Waals surface area contributed by atoms with Crippen LogP contribution in [0.25, 0.3) is 0 Å². The van der Waals surface area contributed by atoms with E-state index in [0.29, 0.717) is 26.2 Å². The fourth-order valence-corrected chi connectivity index (χ4v) is 4.96. The van der Waals surface area contributed by atoms with Gasteiger partial charge in [0.15, 0.2) is 0 Å². The average molecular weight is 368 g/mol. The van der Waals surface area contributed by atoms with Crippen LogP contribution in [-0.2, 0) is 20.9 Å². The number of carbonyl (C=O) groups excluding carboxylic acids is 2. The molecule has 1 N–H and O–H groups in total. The predicted molar refractivity (Wildman–Crippen MR) is 97.6 cm³/mol. The van der Waals surface area contributed by atoms with Crippen molar-refractivity contribution in [3.8, 4) is 0 Å². The van der Waals surface area contributed by atoms with E-state index in [2.05, 4.69) is 32.0 Å². The maximum absolute atomic E-state index is 13.2. The fraction of sp³-hybridized carbons (Fsp3) is 0.524. The molecule has 0 aromatic heterocycles. The zero-order chi connectivity index (χ0) is 18.9. The summed E-state index contributed by atoms with van der Waals surface area (Å²) in [7, 11) is 0. The highest BCUT2D eigenvalue weighted by molar-refractivity contribution is 5.93. The van der Waals surface area contributed by atoms with E-state index in [1.54, 1.807) is 4.90 Å². The van der Waals surface area contributed by atoms with Gasteiger partial charge < -0.3 is 19.6 Å². The highest BCUT2D eigenvalue weighted by Crippen LogP contribution is 2.52. The number of likely N-dealkylation sites (tertiary alicyclic amines) is 2. The van der Waals surface area contributed by atoms with Crippen LogP contribution in [-0.4, -0.2) is 64.2 Å². The molecule has 2 bridgehead atoms. The van der Waals surface area contributed by atoms with E-state index in [4.69, 9.17) is 4.74 Å². The number of amides is 2. The van der Waals surface area contributed by atoms with Crippen molar-refractivity contribution in [1.82, 2.24) is 9.80 Å². The molecular weight excluding hydrogens is 344 g/mol. The molecular formula is C21H24N2O4. The summed E-state index contributed by atoms with van der Waals surface area (Å²) >= 11 is 0. The Balaban J connectivity index is 1.39. The van der Waals surface area contributed by atoms with Gasteiger partial charge >= 0.3 is 0 Å². The van der Waals surface area contributed by atoms with Crippen molar-refractivity contribution in [2.45, 2.75) is 38.2 Å². The zero-order valence-electron chi connectivity index (χ0n) is 15.6. The molecule has 0 radical (unpaired) electrons. The summed E-state index contributed by atoms with van der Waals surface area (Å²) in [6.07, 6.45) is 3.14. The van der Waals surface area contributed by atoms with Gasteiger partial charge in [-0.3, -0.25) is 9.59 Å². The monoisotopic (exact) mass is 368 g/mol. The molecule has 1 spiro atoms. The molecule has 27 heavy (non-hydrogen) atoms. The minimum Gasteiger partial charge on any atom is -0.389 e. The zero-order valence-corrected chi connectivity index (χ0v) is 15.6. The maximum atomic E-state index is 13.2. The first kappa shape index (κ1) is 17.0. The summed E-state index contributed by atoms with van der Waals surface area (Å²) in [4.78, 5) is 29.6. The van der Waals surface area contributed by atoms with Crippen LogP contribution in [0, 0.1) is 25.7 Å². The number of hydrogen-bond donors (Lipinski definition) is 1. The lowest BCUT2D eigenvalue weighted by Gasteiger charge is -2.39. The van der Waals surface area contributed by atoms with Gasteiger partial charge in [-0.1, -0.05) is 30.4 Å². The molecule has 6 nitrogen and oxygen atoms in total. The second kappa shape index (κ2) is 5.66. The molecule has 3 saturated heterocycles. The Hall–Kier alpha value is -2.18. The topological polar surface area (TPSA) is 70.1 Å². The van der Waals surface area contributed by atoms with Gasteiger partial charge in [0.05, 0.1) is 30.6 Å². The van der Waals surface area contributed by atoms with E-state index in [1.807, 2.05) is 17.1 Å². The smallest absolute Gasteiger partial charge is 0.230 e. The number of fused-ring (bicyclic) bond motifs is 1. The summed E-state index contributed by atoms with van der Waals surface area (Å²) in [6.45, 7) is 5.87. The third-order valence-corrected chi connectivity index (χ3v) is 6.58. The van der Waals surface area contributed by atoms with Crippen molar-refractivity contribution < 1.29 is 19.4 Å². The van der Waals surface area contributed by atoms with Crippen LogP contribution < -0.4 is 0 Å². The van der Waals surface area contributed by atoms with Crippen molar-refractivity contribution in [2.75, 3.05) is 19.6 Å². The SMILES string of the molecule is Cc1ccc(CN2C[C@]34C=C[C@H](O3)C(C(=O)N3CC(O)C3)C4C2=O)cc1C. The Morgan fingerprint density at radius 2 is 2.07 bits per heavy atom. The minimum absolute atomic E-state index is 0.000463. The van der Waals surface area contributed by atoms with Crippen molar-refractivity contribution in [2.24, 2.45) is 11.8 Å². The van der Waals surface area contributed by atoms with Gasteiger partial charge in [-0.05, 0) is 30.5 Å². The minimum atomic E-state index is -0.675. The fourth-order valence-electron chi connectivity index (χ4n) is 4.96. The number of benzene rings is 1. The second-order valence-electron chi connectivity index (χ2n) is 8.41. The molecule has 4 aliphatic rings. The van der Waals surface area contributed by atoms with Gasteiger partial charge in [0.25, 0.3) is 0 Å². The van der Waals surface area contributed by atoms with Gasteiger partial charge in [-0.2, -0.15) is 0 Å². The molecule has 4 atom stereocenters. The van der Waals surface area contributed by atoms with Crippen molar-refractivity contribution in [3.05, 3.63) is 47.0 Å². The molecule has 2 unspecified atom stereocenters. The van der Waals surface area contributed by atoms with Gasteiger partial charge in [0.2, 0.25) is 11.8 Å². The normalized spacial score (nSPS) is 34.3. The molecule has 4 aliphatic heterocycles. The Bertz CT molecular complexity index is 860. The largest absolute Gasteiger partial charge is 0.389 e. The molecule has 6 heteroatoms. The third-order valence-electron chi connectivity index (χ3n) is 6.58. The van der Waals surface area contributed by atoms with E-state index in [0.717, 1.165) is 5.56 Å². The van der Waals surface area contributed by atoms with Crippen LogP contribution in [0.5, 0.6) is 0 Å². The average Bonchev–Trinajstić information content (AvgIpc) is 3.23. The van der Waals surface area contributed by atoms with Crippen LogP contribution in [0.15, 0.2) is 30.4 Å². The first-order valence-electron chi connectivity index (χ1n) is 9.57. The van der Waals surface area contributed by atoms with Crippen LogP contribution in [0.1, 0.15) is 16.7 Å². The summed E-state index contributed by atoms with van der Waals surface area (Å²) < 4.78 is 6.16. The van der Waals surface area contributed by atoms with E-state index in [-0.39, 0.29) is 17.9 Å². The van der Waals surface area contributed by atoms with Crippen molar-refractivity contribution in [1.29, 1.82) is 0 Å². The number of rotatable bonds is 3. The highest BCUT2D eigenvalue weighted by Gasteiger charge is 2.67. The van der Waals surface area contributed by atoms with Crippen LogP contribution in [0.2, 0.25) is 0 Å². The van der Waals surface area contributed by atoms with Gasteiger partial charge in [0.1, 0.15) is 5.60 Å². The van der Waals surface area contributed by atoms with Crippen LogP contribution in [0.3, 0.4) is 0 Å². The standard InChI is InChI=1S/C21H24N2O4/c1-12-3-4-14(7-13(12)2)8-23-11-21-6-5-16(27-21)17(18(21)20(23)26)19(25)22-9-15(24)10-22/h3-7,15-18,24H,8-11H2,1-2H3/t16-,17?,18?,21-/m0/s1. The first-order valence-corrected chi connectivity index (χ1v) is 9.57. The van der Waals surface area contributed by atoms with Gasteiger partial charge in [-0.15, -0.1) is 0 Å². The summed E-state index contributed by atoms with van der Waals surface area (Å²) in [5.41, 5.74) is 2.86. The van der Waals surface area contributed by atoms with E-state index >= 15 is 0 Å². The Kier molecular flexibility index (Phi) is 3.55. The van der Waals surface area contributed by atoms with Gasteiger partial charge in [0, 0.05) is 19.6 Å². The number of aliphatic hydroxyl groups is 1. The quantitative estimate of drug-likeness (QED) is 0.801. The number of aryl methyl sites for hydroxylation is 2. The number of β-amino-alcohol motifs (C(OH)–C–C–N with tert-alkyl or cyclic N) is 1. The highest BCUT2D eigenvalue weighted by atomic mass is 16.5. The Labute approximate surface area is 158 Å². The van der Waals surface area contributed by atoms with Crippen molar-refractivity contribution >= 4 is 11.8 Å². The van der Waals surface area contributed by atoms with Crippen molar-refractivity contribution in [3.63, 3.8) is 0 Å². The maximum Gasteiger partial charge on any atom is 0.230 e. The summed E-state index contributed by atoms with van der Waals surface area (Å²) in [5.74, 6) is -0.994. The van der Waals surface area contributed by atoms with E-state index in [9.17, 15) is 14.7 Å². The molecule has 5 rings (SSSR count). The summed E-state index contributed by atoms with van der Waals surface area (Å²) in [5, 5.41) is 9.51. The number of nitrogens with zero attached hydrogens (tertiary/aromatic N) is 2. The van der Waals surface area contributed by atoms with Gasteiger partial charge in [-0.25, -0.2) is 0 Å². The lowest BCUT2D eigenvalue weighted by molar-refractivity contribution is -0.151. The number of carbonyl (C=O) groups is 2. The molecule has 1 aromatic rings. The van der Waals surface area contributed by atoms with Crippen LogP contribution >= 0.6 is 0 Å². The molecule has 0 saturated carbocycles. The lowest BCUT2D eigenvalue weighted by atomic mass is 9.76. The molecule has 4 heterocycles. The number of hydrogen-bond acceptors (Lipinski definition) is 4. The number of aliphatic hydroxyl groups excluding tert-OH is 1. The Morgan fingerprint density at radius 3 is 2.78 bits per heavy atom. The van der Waals surface area contributed by atoms with E-state index < -0.39 is 23.5 Å². The summed E-state index contributed by atoms with van der Waals surface area (Å²) in [6, 6.07) is 6.25. The van der Waals surface area contributed by atoms with E-state index in [1.165, 1.54) is 11.1 Å². The first-order chi connectivity index (χ1) is 12.9. The lowest BCUT2D eigenvalue weighted by Crippen LogP contribution is -2.57. The molecule has 0 aliphatic carbocycles. The second-order valence-corrected chi connectivity index (χ2v) is 8.41. The Morgan fingerprint density at radius 1 is 1.30 bits per heavy atom. The third kappa shape index (κ3) is 2.39. The molecule has 3 fully saturated rings.